The molecule has 0 N–H and O–H groups in total. The van der Waals surface area contributed by atoms with Crippen LogP contribution in [0.15, 0.2) is 158 Å². The van der Waals surface area contributed by atoms with Crippen molar-refractivity contribution < 1.29 is 4.42 Å². The van der Waals surface area contributed by atoms with Crippen molar-refractivity contribution in [2.75, 3.05) is 0 Å². The molecule has 0 spiro atoms. The van der Waals surface area contributed by atoms with E-state index >= 15 is 0 Å². The highest BCUT2D eigenvalue weighted by Crippen LogP contribution is 2.47. The average Bonchev–Trinajstić information content (AvgIpc) is 3.67. The van der Waals surface area contributed by atoms with Gasteiger partial charge in [0, 0.05) is 31.1 Å². The molecule has 6 aromatic carbocycles. The van der Waals surface area contributed by atoms with E-state index in [-0.39, 0.29) is 5.92 Å². The lowest BCUT2D eigenvalue weighted by Gasteiger charge is -2.20. The maximum atomic E-state index is 6.17. The molecular formula is C47H36OS. The van der Waals surface area contributed by atoms with Crippen LogP contribution in [0.25, 0.3) is 86.6 Å². The van der Waals surface area contributed by atoms with Crippen molar-refractivity contribution in [2.24, 2.45) is 5.92 Å². The van der Waals surface area contributed by atoms with Crippen molar-refractivity contribution in [1.29, 1.82) is 0 Å². The Kier molecular flexibility index (Phi) is 7.75. The fraction of sp³-hybridized carbons (Fsp3) is 0.0638. The van der Waals surface area contributed by atoms with Crippen LogP contribution in [-0.4, -0.2) is 0 Å². The lowest BCUT2D eigenvalue weighted by Crippen LogP contribution is -1.97. The van der Waals surface area contributed by atoms with E-state index in [9.17, 15) is 0 Å². The molecule has 8 rings (SSSR count). The van der Waals surface area contributed by atoms with E-state index in [0.717, 1.165) is 45.4 Å². The quantitative estimate of drug-likeness (QED) is 0.0862. The summed E-state index contributed by atoms with van der Waals surface area (Å²) in [6.45, 7) is 18.9. The molecule has 49 heavy (non-hydrogen) atoms. The maximum absolute atomic E-state index is 6.17. The van der Waals surface area contributed by atoms with Gasteiger partial charge in [0.05, 0.1) is 0 Å². The number of para-hydroxylation sites is 1. The molecule has 2 heterocycles. The van der Waals surface area contributed by atoms with Crippen LogP contribution in [0.3, 0.4) is 0 Å². The predicted octanol–water partition coefficient (Wildman–Crippen LogP) is 14.3. The third kappa shape index (κ3) is 4.99. The molecule has 1 unspecified atom stereocenters. The van der Waals surface area contributed by atoms with Gasteiger partial charge in [-0.1, -0.05) is 135 Å². The Balaban J connectivity index is 1.33. The van der Waals surface area contributed by atoms with Gasteiger partial charge in [0.15, 0.2) is 0 Å². The number of allylic oxidation sites excluding steroid dienone is 5. The molecule has 0 fully saturated rings. The van der Waals surface area contributed by atoms with Crippen LogP contribution >= 0.6 is 11.3 Å². The number of thiophene rings is 1. The van der Waals surface area contributed by atoms with E-state index in [1.54, 1.807) is 0 Å². The Bertz CT molecular complexity index is 2620. The van der Waals surface area contributed by atoms with Gasteiger partial charge in [-0.2, -0.15) is 0 Å². The van der Waals surface area contributed by atoms with Gasteiger partial charge in [-0.3, -0.25) is 0 Å². The normalized spacial score (nSPS) is 12.4. The van der Waals surface area contributed by atoms with Crippen LogP contribution in [0.1, 0.15) is 23.3 Å². The summed E-state index contributed by atoms with van der Waals surface area (Å²) in [6, 6.07) is 37.3. The second-order valence-corrected chi connectivity index (χ2v) is 13.7. The minimum atomic E-state index is 0.175. The minimum Gasteiger partial charge on any atom is -0.461 e. The Morgan fingerprint density at radius 1 is 0.735 bits per heavy atom. The summed E-state index contributed by atoms with van der Waals surface area (Å²) in [5, 5.41) is 8.51. The molecule has 2 heteroatoms. The first-order valence-corrected chi connectivity index (χ1v) is 17.5. The van der Waals surface area contributed by atoms with Crippen molar-refractivity contribution >= 4 is 75.7 Å². The zero-order valence-corrected chi connectivity index (χ0v) is 28.4. The van der Waals surface area contributed by atoms with Crippen LogP contribution in [-0.2, 0) is 0 Å². The highest BCUT2D eigenvalue weighted by Gasteiger charge is 2.21. The first kappa shape index (κ1) is 30.6. The third-order valence-electron chi connectivity index (χ3n) is 9.78. The van der Waals surface area contributed by atoms with Crippen molar-refractivity contribution in [2.45, 2.75) is 13.3 Å². The van der Waals surface area contributed by atoms with Crippen LogP contribution in [0, 0.1) is 12.8 Å². The molecule has 0 amide bonds. The van der Waals surface area contributed by atoms with E-state index in [2.05, 4.69) is 130 Å². The lowest BCUT2D eigenvalue weighted by molar-refractivity contribution is 0.580. The van der Waals surface area contributed by atoms with Crippen molar-refractivity contribution in [3.63, 3.8) is 0 Å². The Hall–Kier alpha value is -5.70. The first-order valence-electron chi connectivity index (χ1n) is 16.7. The summed E-state index contributed by atoms with van der Waals surface area (Å²) < 4.78 is 8.68. The summed E-state index contributed by atoms with van der Waals surface area (Å²) in [5.74, 6) is 1.10. The standard InChI is InChI=1S/C47H36OS/c1-6-9-16-31(7-2)27-29(4)44-34-17-10-12-19-36(34)46(37-20-13-11-18-35(37)44)32-23-26-43-41(28-32)39-25-24-38(33(8-3)47(39)49-43)45-30(5)48-42-22-15-14-21-40(42)45/h6-26,28,31H,1-4,27H2,5H3/b16-9-. The Labute approximate surface area is 291 Å². The van der Waals surface area contributed by atoms with Gasteiger partial charge in [0.2, 0.25) is 0 Å². The molecule has 0 saturated carbocycles. The van der Waals surface area contributed by atoms with Gasteiger partial charge in [0.25, 0.3) is 0 Å². The molecule has 2 aromatic heterocycles. The van der Waals surface area contributed by atoms with Gasteiger partial charge in [-0.05, 0) is 92.4 Å². The molecule has 0 bridgehead atoms. The van der Waals surface area contributed by atoms with Crippen LogP contribution < -0.4 is 0 Å². The van der Waals surface area contributed by atoms with E-state index in [4.69, 9.17) is 4.42 Å². The smallest absolute Gasteiger partial charge is 0.134 e. The topological polar surface area (TPSA) is 13.1 Å². The fourth-order valence-electron chi connectivity index (χ4n) is 7.60. The number of benzene rings is 6. The van der Waals surface area contributed by atoms with Crippen LogP contribution in [0.4, 0.5) is 0 Å². The van der Waals surface area contributed by atoms with Crippen molar-refractivity contribution in [3.05, 3.63) is 171 Å². The van der Waals surface area contributed by atoms with Crippen molar-refractivity contribution in [3.8, 4) is 22.3 Å². The number of rotatable bonds is 9. The lowest BCUT2D eigenvalue weighted by atomic mass is 9.84. The molecule has 0 aliphatic carbocycles. The average molecular weight is 649 g/mol. The first-order chi connectivity index (χ1) is 24.0. The van der Waals surface area contributed by atoms with Gasteiger partial charge in [-0.25, -0.2) is 0 Å². The highest BCUT2D eigenvalue weighted by atomic mass is 32.1. The summed E-state index contributed by atoms with van der Waals surface area (Å²) in [5.41, 5.74) is 9.11. The number of hydrogen-bond donors (Lipinski definition) is 0. The molecule has 0 radical (unpaired) electrons. The van der Waals surface area contributed by atoms with Crippen LogP contribution in [0.5, 0.6) is 0 Å². The Morgan fingerprint density at radius 3 is 2.08 bits per heavy atom. The third-order valence-corrected chi connectivity index (χ3v) is 11.0. The predicted molar refractivity (Wildman–Crippen MR) is 216 cm³/mol. The Morgan fingerprint density at radius 2 is 1.41 bits per heavy atom. The second kappa shape index (κ2) is 12.4. The van der Waals surface area contributed by atoms with E-state index in [1.807, 2.05) is 47.8 Å². The summed E-state index contributed by atoms with van der Waals surface area (Å²) in [6.07, 6.45) is 10.7. The van der Waals surface area contributed by atoms with Gasteiger partial charge in [0.1, 0.15) is 11.3 Å². The number of aryl methyl sites for hydroxylation is 1. The van der Waals surface area contributed by atoms with E-state index in [1.165, 1.54) is 58.4 Å². The van der Waals surface area contributed by atoms with Gasteiger partial charge in [-0.15, -0.1) is 17.9 Å². The molecule has 0 aliphatic heterocycles. The van der Waals surface area contributed by atoms with Crippen LogP contribution in [0.2, 0.25) is 0 Å². The molecular weight excluding hydrogens is 613 g/mol. The monoisotopic (exact) mass is 648 g/mol. The van der Waals surface area contributed by atoms with Crippen molar-refractivity contribution in [1.82, 2.24) is 0 Å². The fourth-order valence-corrected chi connectivity index (χ4v) is 8.82. The van der Waals surface area contributed by atoms with E-state index < -0.39 is 0 Å². The second-order valence-electron chi connectivity index (χ2n) is 12.6. The summed E-state index contributed by atoms with van der Waals surface area (Å²) in [7, 11) is 0. The minimum absolute atomic E-state index is 0.175. The molecule has 0 saturated heterocycles. The number of furan rings is 1. The molecule has 236 valence electrons. The SMILES string of the molecule is C=C/C=C\C(C=C)CC(=C)c1c2ccccc2c(-c2ccc3sc4c(C=C)c(-c5c(C)oc6ccccc56)ccc4c3c2)c2ccccc12. The van der Waals surface area contributed by atoms with Gasteiger partial charge < -0.3 is 4.42 Å². The number of hydrogen-bond acceptors (Lipinski definition) is 2. The molecule has 0 aliphatic rings. The summed E-state index contributed by atoms with van der Waals surface area (Å²) in [4.78, 5) is 0. The van der Waals surface area contributed by atoms with E-state index in [0.29, 0.717) is 0 Å². The molecule has 8 aromatic rings. The zero-order valence-electron chi connectivity index (χ0n) is 27.6. The highest BCUT2D eigenvalue weighted by molar-refractivity contribution is 7.26. The number of fused-ring (bicyclic) bond motifs is 6. The van der Waals surface area contributed by atoms with Gasteiger partial charge >= 0.3 is 0 Å². The summed E-state index contributed by atoms with van der Waals surface area (Å²) >= 11 is 1.83. The largest absolute Gasteiger partial charge is 0.461 e. The molecule has 1 nitrogen and oxygen atoms in total. The zero-order chi connectivity index (χ0) is 33.6. The molecule has 1 atom stereocenters. The maximum Gasteiger partial charge on any atom is 0.134 e.